The van der Waals surface area contributed by atoms with Crippen molar-refractivity contribution in [2.24, 2.45) is 0 Å². The average molecular weight is 444 g/mol. The molecule has 3 rings (SSSR count). The fraction of sp³-hybridized carbons (Fsp3) is 0.500. The molecule has 0 spiro atoms. The Labute approximate surface area is 178 Å². The van der Waals surface area contributed by atoms with E-state index in [1.54, 1.807) is 0 Å². The molecule has 2 nitrogen and oxygen atoms in total. The highest BCUT2D eigenvalue weighted by molar-refractivity contribution is 7.14. The minimum atomic E-state index is -4.59. The van der Waals surface area contributed by atoms with Gasteiger partial charge in [0.1, 0.15) is 0 Å². The Kier molecular flexibility index (Phi) is 7.63. The van der Waals surface area contributed by atoms with Crippen molar-refractivity contribution in [3.8, 4) is 0 Å². The number of nitrogens with one attached hydrogen (secondary N) is 1. The molecule has 0 unspecified atom stereocenters. The van der Waals surface area contributed by atoms with Gasteiger partial charge in [0, 0.05) is 9.90 Å². The Morgan fingerprint density at radius 3 is 2.21 bits per heavy atom. The highest BCUT2D eigenvalue weighted by atomic mass is 35.5. The first kappa shape index (κ1) is 22.2. The fourth-order valence-corrected chi connectivity index (χ4v) is 5.03. The van der Waals surface area contributed by atoms with Gasteiger partial charge in [-0.05, 0) is 55.5 Å². The molecule has 1 amide bonds. The second-order valence-corrected chi connectivity index (χ2v) is 9.10. The number of halogens is 4. The Balaban J connectivity index is 1.79. The number of hydrogen-bond donors (Lipinski definition) is 1. The molecule has 0 fully saturated rings. The lowest BCUT2D eigenvalue weighted by Gasteiger charge is -2.13. The second kappa shape index (κ2) is 9.98. The van der Waals surface area contributed by atoms with E-state index in [0.717, 1.165) is 31.7 Å². The first-order valence-electron chi connectivity index (χ1n) is 10.1. The topological polar surface area (TPSA) is 29.1 Å². The Hall–Kier alpha value is -1.53. The molecule has 0 radical (unpaired) electrons. The third kappa shape index (κ3) is 6.22. The van der Waals surface area contributed by atoms with E-state index in [0.29, 0.717) is 4.88 Å². The van der Waals surface area contributed by atoms with E-state index in [1.807, 2.05) is 6.07 Å². The summed E-state index contributed by atoms with van der Waals surface area (Å²) in [5, 5.41) is 2.42. The van der Waals surface area contributed by atoms with Crippen LogP contribution in [0, 0.1) is 0 Å². The molecular formula is C22H25ClF3NOS. The molecule has 1 heterocycles. The van der Waals surface area contributed by atoms with Crippen molar-refractivity contribution in [3.63, 3.8) is 0 Å². The zero-order chi connectivity index (χ0) is 20.9. The molecule has 0 atom stereocenters. The monoisotopic (exact) mass is 443 g/mol. The molecule has 1 N–H and O–H groups in total. The van der Waals surface area contributed by atoms with E-state index < -0.39 is 17.6 Å². The van der Waals surface area contributed by atoms with Gasteiger partial charge >= 0.3 is 6.18 Å². The fourth-order valence-electron chi connectivity index (χ4n) is 3.71. The molecule has 1 aliphatic rings. The van der Waals surface area contributed by atoms with Gasteiger partial charge in [0.25, 0.3) is 5.91 Å². The van der Waals surface area contributed by atoms with Crippen LogP contribution in [0.5, 0.6) is 0 Å². The molecule has 0 bridgehead atoms. The van der Waals surface area contributed by atoms with Crippen LogP contribution in [-0.2, 0) is 19.0 Å². The first-order chi connectivity index (χ1) is 13.8. The van der Waals surface area contributed by atoms with Gasteiger partial charge in [0.15, 0.2) is 0 Å². The largest absolute Gasteiger partial charge is 0.418 e. The van der Waals surface area contributed by atoms with Crippen LogP contribution in [0.25, 0.3) is 0 Å². The SMILES string of the molecule is O=C(Nc1ccc(Cl)cc1C(F)(F)F)c1cc2c(s1)CCCCCCCCCC2. The van der Waals surface area contributed by atoms with Crippen LogP contribution in [0.3, 0.4) is 0 Å². The van der Waals surface area contributed by atoms with Crippen LogP contribution < -0.4 is 5.32 Å². The van der Waals surface area contributed by atoms with Crippen LogP contribution in [-0.4, -0.2) is 5.91 Å². The summed E-state index contributed by atoms with van der Waals surface area (Å²) in [5.41, 5.74) is -0.0316. The van der Waals surface area contributed by atoms with Gasteiger partial charge in [-0.3, -0.25) is 4.79 Å². The maximum atomic E-state index is 13.3. The number of aryl methyl sites for hydroxylation is 2. The summed E-state index contributed by atoms with van der Waals surface area (Å²) in [5.74, 6) is -0.500. The second-order valence-electron chi connectivity index (χ2n) is 7.53. The van der Waals surface area contributed by atoms with Crippen LogP contribution in [0.4, 0.5) is 18.9 Å². The predicted molar refractivity (Wildman–Crippen MR) is 113 cm³/mol. The third-order valence-electron chi connectivity index (χ3n) is 5.26. The first-order valence-corrected chi connectivity index (χ1v) is 11.3. The van der Waals surface area contributed by atoms with E-state index in [2.05, 4.69) is 5.32 Å². The number of hydrogen-bond acceptors (Lipinski definition) is 2. The van der Waals surface area contributed by atoms with Gasteiger partial charge in [-0.2, -0.15) is 13.2 Å². The molecule has 1 aromatic carbocycles. The number of rotatable bonds is 2. The zero-order valence-electron chi connectivity index (χ0n) is 16.2. The number of benzene rings is 1. The minimum absolute atomic E-state index is 0.0200. The summed E-state index contributed by atoms with van der Waals surface area (Å²) in [6.07, 6.45) is 6.84. The number of amides is 1. The van der Waals surface area contributed by atoms with Crippen molar-refractivity contribution in [1.29, 1.82) is 0 Å². The van der Waals surface area contributed by atoms with E-state index in [1.165, 1.54) is 72.4 Å². The van der Waals surface area contributed by atoms with Gasteiger partial charge in [-0.1, -0.05) is 50.1 Å². The molecular weight excluding hydrogens is 419 g/mol. The van der Waals surface area contributed by atoms with Crippen molar-refractivity contribution < 1.29 is 18.0 Å². The molecule has 7 heteroatoms. The lowest BCUT2D eigenvalue weighted by Crippen LogP contribution is -2.15. The van der Waals surface area contributed by atoms with Crippen LogP contribution in [0.15, 0.2) is 24.3 Å². The van der Waals surface area contributed by atoms with Crippen molar-refractivity contribution >= 4 is 34.5 Å². The average Bonchev–Trinajstić information content (AvgIpc) is 3.05. The third-order valence-corrected chi connectivity index (χ3v) is 6.73. The van der Waals surface area contributed by atoms with Gasteiger partial charge in [-0.15, -0.1) is 11.3 Å². The number of thiophene rings is 1. The summed E-state index contributed by atoms with van der Waals surface area (Å²) in [4.78, 5) is 14.4. The molecule has 1 aromatic heterocycles. The van der Waals surface area contributed by atoms with Gasteiger partial charge in [-0.25, -0.2) is 0 Å². The van der Waals surface area contributed by atoms with Gasteiger partial charge in [0.2, 0.25) is 0 Å². The summed E-state index contributed by atoms with van der Waals surface area (Å²) >= 11 is 7.13. The lowest BCUT2D eigenvalue weighted by molar-refractivity contribution is -0.136. The maximum Gasteiger partial charge on any atom is 0.418 e. The summed E-state index contributed by atoms with van der Waals surface area (Å²) < 4.78 is 39.9. The van der Waals surface area contributed by atoms with Crippen LogP contribution in [0.1, 0.15) is 77.0 Å². The molecule has 0 saturated heterocycles. The molecule has 158 valence electrons. The highest BCUT2D eigenvalue weighted by Crippen LogP contribution is 2.37. The normalized spacial score (nSPS) is 16.4. The van der Waals surface area contributed by atoms with Gasteiger partial charge < -0.3 is 5.32 Å². The number of alkyl halides is 3. The summed E-state index contributed by atoms with van der Waals surface area (Å²) in [6.45, 7) is 0. The van der Waals surface area contributed by atoms with Crippen molar-refractivity contribution in [2.75, 3.05) is 5.32 Å². The van der Waals surface area contributed by atoms with Crippen molar-refractivity contribution in [3.05, 3.63) is 50.2 Å². The Morgan fingerprint density at radius 2 is 1.55 bits per heavy atom. The Morgan fingerprint density at radius 1 is 0.931 bits per heavy atom. The molecule has 2 aromatic rings. The highest BCUT2D eigenvalue weighted by Gasteiger charge is 2.34. The number of fused-ring (bicyclic) bond motifs is 1. The van der Waals surface area contributed by atoms with Crippen molar-refractivity contribution in [1.82, 2.24) is 0 Å². The minimum Gasteiger partial charge on any atom is -0.321 e. The van der Waals surface area contributed by atoms with Gasteiger partial charge in [0.05, 0.1) is 16.1 Å². The standard InChI is InChI=1S/C22H25ClF3NOS/c23-16-11-12-18(17(14-16)22(24,25)26)27-21(28)20-13-15-9-7-5-3-1-2-4-6-8-10-19(15)29-20/h11-14H,1-10H2,(H,27,28). The zero-order valence-corrected chi connectivity index (χ0v) is 17.8. The summed E-state index contributed by atoms with van der Waals surface area (Å²) in [6, 6.07) is 5.25. The number of carbonyl (C=O) groups excluding carboxylic acids is 1. The predicted octanol–water partition coefficient (Wildman–Crippen LogP) is 7.89. The molecule has 1 aliphatic carbocycles. The molecule has 0 aliphatic heterocycles. The van der Waals surface area contributed by atoms with E-state index in [4.69, 9.17) is 11.6 Å². The number of carbonyl (C=O) groups is 1. The van der Waals surface area contributed by atoms with E-state index >= 15 is 0 Å². The smallest absolute Gasteiger partial charge is 0.321 e. The Bertz CT molecular complexity index is 818. The van der Waals surface area contributed by atoms with Crippen LogP contribution >= 0.6 is 22.9 Å². The maximum absolute atomic E-state index is 13.3. The van der Waals surface area contributed by atoms with E-state index in [-0.39, 0.29) is 10.7 Å². The molecule has 29 heavy (non-hydrogen) atoms. The quantitative estimate of drug-likeness (QED) is 0.502. The molecule has 0 saturated carbocycles. The van der Waals surface area contributed by atoms with Crippen LogP contribution in [0.2, 0.25) is 5.02 Å². The summed E-state index contributed by atoms with van der Waals surface area (Å²) in [7, 11) is 0. The number of anilines is 1. The van der Waals surface area contributed by atoms with Crippen molar-refractivity contribution in [2.45, 2.75) is 70.4 Å². The lowest BCUT2D eigenvalue weighted by atomic mass is 10.0. The van der Waals surface area contributed by atoms with E-state index in [9.17, 15) is 18.0 Å².